The lowest BCUT2D eigenvalue weighted by atomic mass is 10.0. The minimum absolute atomic E-state index is 0.206. The molecule has 0 aliphatic carbocycles. The summed E-state index contributed by atoms with van der Waals surface area (Å²) in [6.07, 6.45) is -3.31. The number of carbonyl (C=O) groups excluding carboxylic acids is 1. The molecule has 158 valence electrons. The van der Waals surface area contributed by atoms with Gasteiger partial charge < -0.3 is 10.1 Å². The predicted molar refractivity (Wildman–Crippen MR) is 108 cm³/mol. The van der Waals surface area contributed by atoms with Crippen molar-refractivity contribution in [2.75, 3.05) is 0 Å². The molecule has 1 unspecified atom stereocenters. The van der Waals surface area contributed by atoms with Crippen molar-refractivity contribution in [3.05, 3.63) is 64.7 Å². The van der Waals surface area contributed by atoms with Crippen LogP contribution in [-0.2, 0) is 17.6 Å². The summed E-state index contributed by atoms with van der Waals surface area (Å²) in [5, 5.41) is 12.2. The Balaban J connectivity index is 1.83. The van der Waals surface area contributed by atoms with Crippen LogP contribution in [0.3, 0.4) is 0 Å². The monoisotopic (exact) mass is 435 g/mol. The average molecular weight is 435 g/mol. The highest BCUT2D eigenvalue weighted by molar-refractivity contribution is 7.14. The molecule has 0 saturated heterocycles. The molecule has 1 amide bonds. The van der Waals surface area contributed by atoms with Crippen LogP contribution in [0.5, 0.6) is 5.75 Å². The van der Waals surface area contributed by atoms with Crippen LogP contribution >= 0.6 is 11.3 Å². The molecule has 0 bridgehead atoms. The molecule has 3 rings (SSSR count). The fourth-order valence-electron chi connectivity index (χ4n) is 2.91. The summed E-state index contributed by atoms with van der Waals surface area (Å²) in [5.41, 5.74) is 2.70. The van der Waals surface area contributed by atoms with Crippen molar-refractivity contribution in [1.29, 1.82) is 0 Å². The first-order chi connectivity index (χ1) is 14.2. The van der Waals surface area contributed by atoms with Crippen LogP contribution in [0.4, 0.5) is 13.2 Å². The number of carbonyl (C=O) groups is 1. The Bertz CT molecular complexity index is 1000. The molecular formula is C21H20F3N3O2S. The van der Waals surface area contributed by atoms with Crippen molar-refractivity contribution < 1.29 is 22.7 Å². The minimum atomic E-state index is -4.77. The minimum Gasteiger partial charge on any atom is -0.406 e. The van der Waals surface area contributed by atoms with Gasteiger partial charge >= 0.3 is 6.36 Å². The first-order valence-corrected chi connectivity index (χ1v) is 10.1. The maximum Gasteiger partial charge on any atom is 0.573 e. The molecule has 0 fully saturated rings. The van der Waals surface area contributed by atoms with Crippen LogP contribution in [-0.4, -0.2) is 22.5 Å². The number of amides is 1. The van der Waals surface area contributed by atoms with Crippen molar-refractivity contribution in [3.63, 3.8) is 0 Å². The fourth-order valence-corrected chi connectivity index (χ4v) is 3.80. The summed E-state index contributed by atoms with van der Waals surface area (Å²) in [6.45, 7) is 3.50. The quantitative estimate of drug-likeness (QED) is 0.562. The van der Waals surface area contributed by atoms with Crippen LogP contribution in [0.1, 0.15) is 36.0 Å². The van der Waals surface area contributed by atoms with Gasteiger partial charge in [0, 0.05) is 12.5 Å². The second-order valence-corrected chi connectivity index (χ2v) is 7.66. The van der Waals surface area contributed by atoms with E-state index in [1.807, 2.05) is 24.3 Å². The molecule has 0 radical (unpaired) electrons. The SMILES string of the molecule is CCc1ccc(CC(NC(C)=O)c2nnc(-c3cccc(OC(F)(F)F)c3)s2)cc1. The number of alkyl halides is 3. The Kier molecular flexibility index (Phi) is 6.71. The summed E-state index contributed by atoms with van der Waals surface area (Å²) >= 11 is 1.22. The molecule has 9 heteroatoms. The number of hydrogen-bond donors (Lipinski definition) is 1. The lowest BCUT2D eigenvalue weighted by Crippen LogP contribution is -2.27. The fraction of sp³-hybridized carbons (Fsp3) is 0.286. The van der Waals surface area contributed by atoms with Gasteiger partial charge in [-0.05, 0) is 36.1 Å². The third kappa shape index (κ3) is 6.03. The highest BCUT2D eigenvalue weighted by Gasteiger charge is 2.31. The van der Waals surface area contributed by atoms with Gasteiger partial charge in [-0.25, -0.2) is 0 Å². The molecule has 30 heavy (non-hydrogen) atoms. The average Bonchev–Trinajstić information content (AvgIpc) is 3.17. The van der Waals surface area contributed by atoms with Crippen LogP contribution in [0.15, 0.2) is 48.5 Å². The van der Waals surface area contributed by atoms with E-state index in [0.29, 0.717) is 22.0 Å². The van der Waals surface area contributed by atoms with Crippen LogP contribution < -0.4 is 10.1 Å². The second-order valence-electron chi connectivity index (χ2n) is 6.65. The highest BCUT2D eigenvalue weighted by Crippen LogP contribution is 2.32. The van der Waals surface area contributed by atoms with E-state index in [0.717, 1.165) is 12.0 Å². The Morgan fingerprint density at radius 3 is 2.47 bits per heavy atom. The zero-order valence-electron chi connectivity index (χ0n) is 16.4. The van der Waals surface area contributed by atoms with Gasteiger partial charge in [0.2, 0.25) is 5.91 Å². The van der Waals surface area contributed by atoms with E-state index in [1.165, 1.54) is 42.0 Å². The number of halogens is 3. The summed E-state index contributed by atoms with van der Waals surface area (Å²) < 4.78 is 41.4. The third-order valence-corrected chi connectivity index (χ3v) is 5.39. The molecule has 0 aliphatic rings. The van der Waals surface area contributed by atoms with Crippen LogP contribution in [0.2, 0.25) is 0 Å². The number of ether oxygens (including phenoxy) is 1. The normalized spacial score (nSPS) is 12.4. The second kappa shape index (κ2) is 9.25. The largest absolute Gasteiger partial charge is 0.573 e. The number of nitrogens with one attached hydrogen (secondary N) is 1. The molecule has 0 aliphatic heterocycles. The first-order valence-electron chi connectivity index (χ1n) is 9.28. The summed E-state index contributed by atoms with van der Waals surface area (Å²) in [4.78, 5) is 11.7. The molecule has 2 aromatic carbocycles. The van der Waals surface area contributed by atoms with Gasteiger partial charge in [0.05, 0.1) is 6.04 Å². The molecule has 5 nitrogen and oxygen atoms in total. The maximum atomic E-state index is 12.5. The maximum absolute atomic E-state index is 12.5. The standard InChI is InChI=1S/C21H20F3N3O2S/c1-3-14-7-9-15(10-8-14)11-18(25-13(2)28)20-27-26-19(30-20)16-5-4-6-17(12-16)29-21(22,23)24/h4-10,12,18H,3,11H2,1-2H3,(H,25,28). The molecule has 1 N–H and O–H groups in total. The zero-order valence-corrected chi connectivity index (χ0v) is 17.2. The van der Waals surface area contributed by atoms with Gasteiger partial charge in [0.25, 0.3) is 0 Å². The van der Waals surface area contributed by atoms with E-state index < -0.39 is 12.4 Å². The van der Waals surface area contributed by atoms with E-state index in [4.69, 9.17) is 0 Å². The highest BCUT2D eigenvalue weighted by atomic mass is 32.1. The Labute approximate surface area is 175 Å². The number of hydrogen-bond acceptors (Lipinski definition) is 5. The summed E-state index contributed by atoms with van der Waals surface area (Å²) in [6, 6.07) is 13.3. The van der Waals surface area contributed by atoms with Gasteiger partial charge in [-0.15, -0.1) is 23.4 Å². The van der Waals surface area contributed by atoms with Gasteiger partial charge in [0.1, 0.15) is 15.8 Å². The number of aryl methyl sites for hydroxylation is 1. The predicted octanol–water partition coefficient (Wildman–Crippen LogP) is 5.09. The van der Waals surface area contributed by atoms with Crippen molar-refractivity contribution in [2.24, 2.45) is 0 Å². The van der Waals surface area contributed by atoms with Gasteiger partial charge in [0.15, 0.2) is 0 Å². The molecule has 1 aromatic heterocycles. The molecule has 0 spiro atoms. The number of rotatable bonds is 7. The lowest BCUT2D eigenvalue weighted by Gasteiger charge is -2.15. The molecule has 1 atom stereocenters. The first kappa shape index (κ1) is 21.8. The van der Waals surface area contributed by atoms with Crippen LogP contribution in [0, 0.1) is 0 Å². The van der Waals surface area contributed by atoms with E-state index in [2.05, 4.69) is 27.2 Å². The Morgan fingerprint density at radius 2 is 1.83 bits per heavy atom. The van der Waals surface area contributed by atoms with Crippen LogP contribution in [0.25, 0.3) is 10.6 Å². The lowest BCUT2D eigenvalue weighted by molar-refractivity contribution is -0.274. The topological polar surface area (TPSA) is 64.1 Å². The van der Waals surface area contributed by atoms with Gasteiger partial charge in [-0.2, -0.15) is 0 Å². The Hall–Kier alpha value is -2.94. The zero-order chi connectivity index (χ0) is 21.7. The van der Waals surface area contributed by atoms with E-state index in [1.54, 1.807) is 6.07 Å². The molecule has 0 saturated carbocycles. The summed E-state index contributed by atoms with van der Waals surface area (Å²) in [5.74, 6) is -0.534. The molecular weight excluding hydrogens is 415 g/mol. The Morgan fingerprint density at radius 1 is 1.13 bits per heavy atom. The smallest absolute Gasteiger partial charge is 0.406 e. The van der Waals surface area contributed by atoms with Gasteiger partial charge in [-0.1, -0.05) is 54.7 Å². The van der Waals surface area contributed by atoms with Crippen molar-refractivity contribution in [2.45, 2.75) is 39.1 Å². The van der Waals surface area contributed by atoms with Crippen molar-refractivity contribution in [3.8, 4) is 16.3 Å². The summed E-state index contributed by atoms with van der Waals surface area (Å²) in [7, 11) is 0. The van der Waals surface area contributed by atoms with Crippen molar-refractivity contribution in [1.82, 2.24) is 15.5 Å². The number of aromatic nitrogens is 2. The van der Waals surface area contributed by atoms with E-state index >= 15 is 0 Å². The molecule has 1 heterocycles. The third-order valence-electron chi connectivity index (χ3n) is 4.30. The van der Waals surface area contributed by atoms with Crippen molar-refractivity contribution >= 4 is 17.2 Å². The van der Waals surface area contributed by atoms with E-state index in [9.17, 15) is 18.0 Å². The number of benzene rings is 2. The number of nitrogens with zero attached hydrogens (tertiary/aromatic N) is 2. The van der Waals surface area contributed by atoms with Gasteiger partial charge in [-0.3, -0.25) is 4.79 Å². The van der Waals surface area contributed by atoms with E-state index in [-0.39, 0.29) is 11.7 Å². The molecule has 3 aromatic rings.